The maximum Gasteiger partial charge on any atom is 0.338 e. The Hall–Kier alpha value is -2.89. The molecule has 2 N–H and O–H groups in total. The molecule has 1 heterocycles. The Morgan fingerprint density at radius 3 is 2.47 bits per heavy atom. The zero-order valence-electron chi connectivity index (χ0n) is 19.4. The van der Waals surface area contributed by atoms with Crippen molar-refractivity contribution in [2.75, 3.05) is 5.32 Å². The van der Waals surface area contributed by atoms with Gasteiger partial charge in [0.15, 0.2) is 5.82 Å². The SMILES string of the molecule is CC(C)c1ccc(Nc2nc3c(F)c(C(=O)O)ccc3n2[C@H]2C[C@@H](C)CC(C)(C)C2)cc1. The lowest BCUT2D eigenvalue weighted by Gasteiger charge is -2.40. The summed E-state index contributed by atoms with van der Waals surface area (Å²) in [6, 6.07) is 11.3. The van der Waals surface area contributed by atoms with Gasteiger partial charge in [0.25, 0.3) is 0 Å². The Morgan fingerprint density at radius 1 is 1.19 bits per heavy atom. The zero-order chi connectivity index (χ0) is 23.2. The Labute approximate surface area is 188 Å². The fraction of sp³-hybridized carbons (Fsp3) is 0.462. The summed E-state index contributed by atoms with van der Waals surface area (Å²) in [6.07, 6.45) is 3.07. The van der Waals surface area contributed by atoms with Crippen molar-refractivity contribution in [1.29, 1.82) is 0 Å². The number of rotatable bonds is 5. The van der Waals surface area contributed by atoms with Crippen molar-refractivity contribution < 1.29 is 14.3 Å². The lowest BCUT2D eigenvalue weighted by atomic mass is 9.70. The molecule has 0 saturated heterocycles. The van der Waals surface area contributed by atoms with Crippen LogP contribution in [0.5, 0.6) is 0 Å². The third-order valence-corrected chi connectivity index (χ3v) is 6.59. The van der Waals surface area contributed by atoms with E-state index in [4.69, 9.17) is 0 Å². The number of imidazole rings is 1. The van der Waals surface area contributed by atoms with E-state index in [0.717, 1.165) is 24.9 Å². The fourth-order valence-electron chi connectivity index (χ4n) is 5.32. The highest BCUT2D eigenvalue weighted by Crippen LogP contribution is 2.46. The number of carbonyl (C=O) groups is 1. The largest absolute Gasteiger partial charge is 0.478 e. The van der Waals surface area contributed by atoms with Crippen molar-refractivity contribution in [3.63, 3.8) is 0 Å². The Morgan fingerprint density at radius 2 is 1.88 bits per heavy atom. The molecule has 0 radical (unpaired) electrons. The van der Waals surface area contributed by atoms with E-state index < -0.39 is 11.8 Å². The predicted octanol–water partition coefficient (Wildman–Crippen LogP) is 7.13. The van der Waals surface area contributed by atoms with Crippen LogP contribution in [0.25, 0.3) is 11.0 Å². The maximum absolute atomic E-state index is 15.1. The summed E-state index contributed by atoms with van der Waals surface area (Å²) >= 11 is 0. The predicted molar refractivity (Wildman–Crippen MR) is 126 cm³/mol. The minimum atomic E-state index is -1.29. The summed E-state index contributed by atoms with van der Waals surface area (Å²) in [6.45, 7) is 11.1. The van der Waals surface area contributed by atoms with Crippen LogP contribution in [0.2, 0.25) is 0 Å². The molecule has 32 heavy (non-hydrogen) atoms. The van der Waals surface area contributed by atoms with Gasteiger partial charge >= 0.3 is 5.97 Å². The summed E-state index contributed by atoms with van der Waals surface area (Å²) < 4.78 is 17.2. The van der Waals surface area contributed by atoms with Crippen molar-refractivity contribution in [3.8, 4) is 0 Å². The van der Waals surface area contributed by atoms with Crippen LogP contribution in [0, 0.1) is 17.2 Å². The summed E-state index contributed by atoms with van der Waals surface area (Å²) in [5.74, 6) is -0.556. The topological polar surface area (TPSA) is 67.2 Å². The Balaban J connectivity index is 1.83. The van der Waals surface area contributed by atoms with Gasteiger partial charge in [-0.3, -0.25) is 0 Å². The minimum Gasteiger partial charge on any atom is -0.478 e. The first-order chi connectivity index (χ1) is 15.1. The second kappa shape index (κ2) is 8.23. The first-order valence-electron chi connectivity index (χ1n) is 11.4. The third-order valence-electron chi connectivity index (χ3n) is 6.59. The standard InChI is InChI=1S/C26H32FN3O2/c1-15(2)17-6-8-18(9-7-17)28-25-29-23-21(11-10-20(22(23)27)24(31)32)30(25)19-12-16(3)13-26(4,5)14-19/h6-11,15-16,19H,12-14H2,1-5H3,(H,28,29)(H,31,32)/t16-,19+/m1/s1. The monoisotopic (exact) mass is 437 g/mol. The first kappa shape index (κ1) is 22.3. The molecule has 3 aromatic rings. The number of nitrogens with zero attached hydrogens (tertiary/aromatic N) is 2. The number of hydrogen-bond acceptors (Lipinski definition) is 3. The van der Waals surface area contributed by atoms with Gasteiger partial charge in [-0.15, -0.1) is 0 Å². The van der Waals surface area contributed by atoms with E-state index in [2.05, 4.69) is 61.6 Å². The molecular formula is C26H32FN3O2. The normalized spacial score (nSPS) is 20.6. The van der Waals surface area contributed by atoms with Crippen LogP contribution >= 0.6 is 0 Å². The molecule has 1 fully saturated rings. The van der Waals surface area contributed by atoms with Crippen LogP contribution < -0.4 is 5.32 Å². The number of carboxylic acid groups (broad SMARTS) is 1. The van der Waals surface area contributed by atoms with E-state index in [1.807, 2.05) is 12.1 Å². The van der Waals surface area contributed by atoms with Gasteiger partial charge in [-0.1, -0.05) is 46.8 Å². The van der Waals surface area contributed by atoms with Gasteiger partial charge in [0.05, 0.1) is 11.1 Å². The number of aromatic carboxylic acids is 1. The minimum absolute atomic E-state index is 0.0993. The molecule has 0 aliphatic heterocycles. The number of benzene rings is 2. The van der Waals surface area contributed by atoms with Crippen LogP contribution in [-0.2, 0) is 0 Å². The highest BCUT2D eigenvalue weighted by molar-refractivity contribution is 5.94. The molecule has 0 unspecified atom stereocenters. The molecule has 0 bridgehead atoms. The lowest BCUT2D eigenvalue weighted by Crippen LogP contribution is -2.29. The molecule has 0 amide bonds. The third kappa shape index (κ3) is 4.23. The smallest absolute Gasteiger partial charge is 0.338 e. The maximum atomic E-state index is 15.1. The van der Waals surface area contributed by atoms with E-state index >= 15 is 4.39 Å². The number of anilines is 2. The zero-order valence-corrected chi connectivity index (χ0v) is 19.4. The molecule has 4 rings (SSSR count). The van der Waals surface area contributed by atoms with Crippen molar-refractivity contribution in [2.45, 2.75) is 65.8 Å². The van der Waals surface area contributed by atoms with Gasteiger partial charge in [0, 0.05) is 11.7 Å². The average molecular weight is 438 g/mol. The van der Waals surface area contributed by atoms with Crippen molar-refractivity contribution in [1.82, 2.24) is 9.55 Å². The van der Waals surface area contributed by atoms with Gasteiger partial charge in [-0.2, -0.15) is 0 Å². The number of nitrogens with one attached hydrogen (secondary N) is 1. The number of carboxylic acids is 1. The molecule has 6 heteroatoms. The number of hydrogen-bond donors (Lipinski definition) is 2. The van der Waals surface area contributed by atoms with Crippen LogP contribution in [0.4, 0.5) is 16.0 Å². The highest BCUT2D eigenvalue weighted by Gasteiger charge is 2.35. The summed E-state index contributed by atoms with van der Waals surface area (Å²) in [7, 11) is 0. The molecule has 170 valence electrons. The molecule has 0 spiro atoms. The number of aromatic nitrogens is 2. The van der Waals surface area contributed by atoms with Crippen molar-refractivity contribution in [3.05, 3.63) is 53.3 Å². The number of halogens is 1. The highest BCUT2D eigenvalue weighted by atomic mass is 19.1. The van der Waals surface area contributed by atoms with Crippen molar-refractivity contribution in [2.24, 2.45) is 11.3 Å². The second-order valence-corrected chi connectivity index (χ2v) is 10.4. The molecule has 1 aromatic heterocycles. The Kier molecular flexibility index (Phi) is 5.74. The van der Waals surface area contributed by atoms with Gasteiger partial charge in [0.2, 0.25) is 5.95 Å². The van der Waals surface area contributed by atoms with E-state index in [1.165, 1.54) is 11.6 Å². The summed E-state index contributed by atoms with van der Waals surface area (Å²) in [4.78, 5) is 16.0. The quantitative estimate of drug-likeness (QED) is 0.446. The van der Waals surface area contributed by atoms with Gasteiger partial charge < -0.3 is 15.0 Å². The van der Waals surface area contributed by atoms with E-state index in [0.29, 0.717) is 23.3 Å². The molecule has 2 atom stereocenters. The summed E-state index contributed by atoms with van der Waals surface area (Å²) in [5.41, 5.74) is 2.64. The molecule has 5 nitrogen and oxygen atoms in total. The van der Waals surface area contributed by atoms with Crippen LogP contribution in [0.3, 0.4) is 0 Å². The van der Waals surface area contributed by atoms with Crippen LogP contribution in [0.1, 0.15) is 81.8 Å². The average Bonchev–Trinajstić information content (AvgIpc) is 3.05. The van der Waals surface area contributed by atoms with E-state index in [1.54, 1.807) is 6.07 Å². The molecular weight excluding hydrogens is 405 g/mol. The molecule has 1 aliphatic rings. The second-order valence-electron chi connectivity index (χ2n) is 10.4. The van der Waals surface area contributed by atoms with Crippen molar-refractivity contribution >= 4 is 28.6 Å². The van der Waals surface area contributed by atoms with Gasteiger partial charge in [-0.05, 0) is 66.3 Å². The molecule has 2 aromatic carbocycles. The van der Waals surface area contributed by atoms with E-state index in [9.17, 15) is 9.90 Å². The lowest BCUT2D eigenvalue weighted by molar-refractivity contribution is 0.0692. The molecule has 1 saturated carbocycles. The van der Waals surface area contributed by atoms with Crippen LogP contribution in [0.15, 0.2) is 36.4 Å². The summed E-state index contributed by atoms with van der Waals surface area (Å²) in [5, 5.41) is 12.8. The van der Waals surface area contributed by atoms with Gasteiger partial charge in [-0.25, -0.2) is 14.2 Å². The fourth-order valence-corrected chi connectivity index (χ4v) is 5.32. The van der Waals surface area contributed by atoms with Gasteiger partial charge in [0.1, 0.15) is 5.52 Å². The molecule has 1 aliphatic carbocycles. The Bertz CT molecular complexity index is 1150. The van der Waals surface area contributed by atoms with Crippen LogP contribution in [-0.4, -0.2) is 20.6 Å². The number of fused-ring (bicyclic) bond motifs is 1. The van der Waals surface area contributed by atoms with E-state index in [-0.39, 0.29) is 22.5 Å². The first-order valence-corrected chi connectivity index (χ1v) is 11.4.